The largest absolute Gasteiger partial charge is 0.360 e. The Bertz CT molecular complexity index is 797. The number of morpholine rings is 1. The topological polar surface area (TPSA) is 69.5 Å². The normalized spacial score (nSPS) is 20.9. The third-order valence-corrected chi connectivity index (χ3v) is 5.63. The van der Waals surface area contributed by atoms with Crippen molar-refractivity contribution in [2.24, 2.45) is 0 Å². The molecule has 0 bridgehead atoms. The molecule has 2 aliphatic rings. The van der Waals surface area contributed by atoms with Crippen molar-refractivity contribution in [3.05, 3.63) is 54.6 Å². The molecule has 9 heteroatoms. The van der Waals surface area contributed by atoms with Crippen molar-refractivity contribution in [3.63, 3.8) is 0 Å². The van der Waals surface area contributed by atoms with Crippen molar-refractivity contribution in [3.8, 4) is 0 Å². The fraction of sp³-hybridized carbons (Fsp3) is 0.500. The number of pyridine rings is 1. The first kappa shape index (κ1) is 26.9. The van der Waals surface area contributed by atoms with E-state index in [0.717, 1.165) is 32.5 Å². The molecule has 1 aromatic rings. The summed E-state index contributed by atoms with van der Waals surface area (Å²) in [6.45, 7) is 8.59. The van der Waals surface area contributed by atoms with Crippen LogP contribution in [0.5, 0.6) is 0 Å². The number of rotatable bonds is 7. The third-order valence-electron chi connectivity index (χ3n) is 5.63. The van der Waals surface area contributed by atoms with E-state index in [2.05, 4.69) is 16.5 Å². The average Bonchev–Trinajstić information content (AvgIpc) is 2.71. The summed E-state index contributed by atoms with van der Waals surface area (Å²) in [5.41, 5.74) is 0.498. The first-order valence-corrected chi connectivity index (χ1v) is 10.1. The zero-order valence-corrected chi connectivity index (χ0v) is 18.6. The highest BCUT2D eigenvalue weighted by molar-refractivity contribution is 5.97. The van der Waals surface area contributed by atoms with Gasteiger partial charge in [0.15, 0.2) is 0 Å². The van der Waals surface area contributed by atoms with Gasteiger partial charge in [0.2, 0.25) is 0 Å². The van der Waals surface area contributed by atoms with E-state index in [1.807, 2.05) is 0 Å². The second kappa shape index (κ2) is 12.0. The van der Waals surface area contributed by atoms with Crippen LogP contribution in [0, 0.1) is 11.2 Å². The number of nitrogens with one attached hydrogen (secondary N) is 1. The summed E-state index contributed by atoms with van der Waals surface area (Å²) >= 11 is 0. The van der Waals surface area contributed by atoms with Crippen molar-refractivity contribution >= 4 is 24.0 Å². The van der Waals surface area contributed by atoms with Gasteiger partial charge in [0.05, 0.1) is 30.1 Å². The van der Waals surface area contributed by atoms with Crippen molar-refractivity contribution < 1.29 is 18.6 Å². The highest BCUT2D eigenvalue weighted by atomic mass is 35.5. The Morgan fingerprint density at radius 1 is 1.45 bits per heavy atom. The first-order chi connectivity index (χ1) is 13.9. The molecule has 3 rings (SSSR count). The van der Waals surface area contributed by atoms with Gasteiger partial charge in [0, 0.05) is 32.3 Å². The number of nitrogens with zero attached hydrogens (tertiary/aromatic N) is 3. The summed E-state index contributed by atoms with van der Waals surface area (Å²) in [7, 11) is 0. The number of aromatic nitrogens is 1. The minimum atomic E-state index is -0.505. The van der Waals surface area contributed by atoms with E-state index in [4.69, 9.17) is 10.1 Å². The summed E-state index contributed by atoms with van der Waals surface area (Å²) in [6, 6.07) is 3.04. The number of ether oxygens (including phenoxy) is 1. The number of piperidine rings is 1. The maximum atomic E-state index is 13.8. The Kier molecular flexibility index (Phi) is 10.4. The summed E-state index contributed by atoms with van der Waals surface area (Å²) < 4.78 is 19.9. The van der Waals surface area contributed by atoms with Gasteiger partial charge in [-0.2, -0.15) is 0 Å². The molecule has 1 aromatic heterocycles. The average molecular weight is 457 g/mol. The van der Waals surface area contributed by atoms with Gasteiger partial charge < -0.3 is 19.9 Å². The number of hydrogen-bond donors (Lipinski definition) is 1. The highest BCUT2D eigenvalue weighted by Crippen LogP contribution is 2.33. The van der Waals surface area contributed by atoms with E-state index in [1.165, 1.54) is 6.07 Å². The van der Waals surface area contributed by atoms with E-state index in [-0.39, 0.29) is 41.0 Å². The summed E-state index contributed by atoms with van der Waals surface area (Å²) in [5, 5.41) is 8.06. The Balaban J connectivity index is 0.00000240. The first-order valence-electron chi connectivity index (χ1n) is 10.1. The monoisotopic (exact) mass is 456 g/mol. The minimum absolute atomic E-state index is 0. The van der Waals surface area contributed by atoms with Gasteiger partial charge in [-0.25, -0.2) is 4.39 Å². The van der Waals surface area contributed by atoms with Crippen molar-refractivity contribution in [1.82, 2.24) is 14.8 Å². The van der Waals surface area contributed by atoms with Crippen LogP contribution in [0.15, 0.2) is 43.1 Å². The van der Waals surface area contributed by atoms with Gasteiger partial charge in [-0.3, -0.25) is 14.5 Å². The number of halogens is 3. The molecule has 1 N–H and O–H groups in total. The lowest BCUT2D eigenvalue weighted by Crippen LogP contribution is -2.62. The Morgan fingerprint density at radius 2 is 2.16 bits per heavy atom. The van der Waals surface area contributed by atoms with E-state index in [0.29, 0.717) is 24.4 Å². The number of carbonyl (C=O) groups is 1. The van der Waals surface area contributed by atoms with Gasteiger partial charge in [-0.15, -0.1) is 12.4 Å². The van der Waals surface area contributed by atoms with Crippen molar-refractivity contribution in [1.29, 1.82) is 5.41 Å². The smallest absolute Gasteiger partial charge is 0.251 e. The molecule has 1 amide bonds. The number of allylic oxidation sites excluding steroid dienone is 2. The van der Waals surface area contributed by atoms with E-state index < -0.39 is 6.10 Å². The van der Waals surface area contributed by atoms with Crippen LogP contribution in [0.3, 0.4) is 0 Å². The molecule has 2 saturated heterocycles. The summed E-state index contributed by atoms with van der Waals surface area (Å²) in [6.07, 6.45) is 8.29. The Morgan fingerprint density at radius 3 is 2.81 bits per heavy atom. The zero-order valence-electron chi connectivity index (χ0n) is 17.8. The van der Waals surface area contributed by atoms with Crippen LogP contribution >= 0.6 is 12.4 Å². The molecule has 0 aliphatic carbocycles. The van der Waals surface area contributed by atoms with Gasteiger partial charge in [-0.1, -0.05) is 18.7 Å². The van der Waals surface area contributed by atoms with Crippen LogP contribution in [-0.2, 0) is 16.0 Å². The summed E-state index contributed by atoms with van der Waals surface area (Å²) in [5.74, 6) is -0.326. The molecule has 6 nitrogen and oxygen atoms in total. The maximum absolute atomic E-state index is 13.8. The molecule has 172 valence electrons. The van der Waals surface area contributed by atoms with E-state index in [1.54, 1.807) is 42.3 Å². The maximum Gasteiger partial charge on any atom is 0.251 e. The second-order valence-electron chi connectivity index (χ2n) is 7.78. The number of likely N-dealkylation sites (tertiary alicyclic amines) is 1. The van der Waals surface area contributed by atoms with Crippen LogP contribution < -0.4 is 0 Å². The molecule has 1 unspecified atom stereocenters. The lowest BCUT2D eigenvalue weighted by molar-refractivity contribution is -0.188. The molecule has 2 aliphatic heterocycles. The molecule has 3 heterocycles. The van der Waals surface area contributed by atoms with Gasteiger partial charge >= 0.3 is 0 Å². The minimum Gasteiger partial charge on any atom is -0.360 e. The van der Waals surface area contributed by atoms with Crippen LogP contribution in [0.1, 0.15) is 25.5 Å². The van der Waals surface area contributed by atoms with Crippen LogP contribution in [0.4, 0.5) is 9.09 Å². The summed E-state index contributed by atoms with van der Waals surface area (Å²) in [4.78, 5) is 20.7. The third kappa shape index (κ3) is 6.92. The number of hydrogen-bond acceptors (Lipinski definition) is 5. The fourth-order valence-corrected chi connectivity index (χ4v) is 4.05. The molecule has 0 saturated carbocycles. The Labute approximate surface area is 188 Å². The lowest BCUT2D eigenvalue weighted by Gasteiger charge is -2.49. The van der Waals surface area contributed by atoms with Crippen LogP contribution in [0.2, 0.25) is 0 Å². The number of carbonyl (C=O) groups excluding carboxylic acids is 1. The van der Waals surface area contributed by atoms with Crippen molar-refractivity contribution in [2.75, 3.05) is 32.7 Å². The number of amides is 1. The lowest BCUT2D eigenvalue weighted by atomic mass is 9.88. The SMILES string of the molecule is C=C/C=C\C(=N)CN1CC2(CCN(CCc3ncccc3F)CC2)OC(C)C1=O.Cl.F. The molecule has 1 atom stereocenters. The predicted octanol–water partition coefficient (Wildman–Crippen LogP) is 3.18. The molecule has 1 spiro atoms. The van der Waals surface area contributed by atoms with Gasteiger partial charge in [0.25, 0.3) is 5.91 Å². The van der Waals surface area contributed by atoms with E-state index in [9.17, 15) is 9.18 Å². The molecule has 2 fully saturated rings. The quantitative estimate of drug-likeness (QED) is 0.505. The highest BCUT2D eigenvalue weighted by Gasteiger charge is 2.45. The van der Waals surface area contributed by atoms with Crippen molar-refractivity contribution in [2.45, 2.75) is 37.9 Å². The van der Waals surface area contributed by atoms with Gasteiger partial charge in [0.1, 0.15) is 11.9 Å². The molecule has 0 aromatic carbocycles. The second-order valence-corrected chi connectivity index (χ2v) is 7.78. The standard InChI is InChI=1S/C22H29FN4O2.ClH.FH/c1-3-4-6-18(24)15-27-16-22(29-17(2)21(27)28)9-13-26(14-10-22)12-8-20-19(23)7-5-11-25-20;;/h3-7,11,17,24H,1,8-10,12-16H2,2H3;2*1H/b6-4-,24-18?;;. The molecule has 0 radical (unpaired) electrons. The molecular formula is C22H31ClF2N4O2. The molecule has 31 heavy (non-hydrogen) atoms. The van der Waals surface area contributed by atoms with Crippen LogP contribution in [-0.4, -0.2) is 70.8 Å². The predicted molar refractivity (Wildman–Crippen MR) is 120 cm³/mol. The Hall–Kier alpha value is -2.16. The zero-order chi connectivity index (χ0) is 20.9. The van der Waals surface area contributed by atoms with Crippen LogP contribution in [0.25, 0.3) is 0 Å². The fourth-order valence-electron chi connectivity index (χ4n) is 4.05. The molecular weight excluding hydrogens is 426 g/mol. The van der Waals surface area contributed by atoms with Gasteiger partial charge in [-0.05, 0) is 38.0 Å². The van der Waals surface area contributed by atoms with E-state index >= 15 is 0 Å².